The summed E-state index contributed by atoms with van der Waals surface area (Å²) in [5.74, 6) is 0. The third kappa shape index (κ3) is 3.98. The van der Waals surface area contributed by atoms with Crippen LogP contribution in [0.3, 0.4) is 0 Å². The third-order valence-electron chi connectivity index (χ3n) is 1.81. The predicted molar refractivity (Wildman–Crippen MR) is 54.7 cm³/mol. The minimum atomic E-state index is -5.88. The van der Waals surface area contributed by atoms with Crippen LogP contribution >= 0.6 is 12.2 Å². The summed E-state index contributed by atoms with van der Waals surface area (Å²) in [4.78, 5) is 0. The number of alkyl halides is 6. The van der Waals surface area contributed by atoms with Gasteiger partial charge in [0.2, 0.25) is 0 Å². The van der Waals surface area contributed by atoms with E-state index in [0.29, 0.717) is 0 Å². The molecule has 0 atom stereocenters. The van der Waals surface area contributed by atoms with E-state index in [1.54, 1.807) is 0 Å². The Labute approximate surface area is 103 Å². The molecule has 0 aromatic rings. The molecule has 0 saturated heterocycles. The van der Waals surface area contributed by atoms with Crippen LogP contribution in [0.25, 0.3) is 0 Å². The van der Waals surface area contributed by atoms with E-state index in [9.17, 15) is 26.3 Å². The fraction of sp³-hybridized carbons (Fsp3) is 0.714. The first-order valence-electron chi connectivity index (χ1n) is 4.25. The highest BCUT2D eigenvalue weighted by molar-refractivity contribution is 7.80. The number of aliphatic hydroxyl groups is 1. The normalized spacial score (nSPS) is 14.6. The summed E-state index contributed by atoms with van der Waals surface area (Å²) in [6.07, 6.45) is -13.5. The number of hydrazone groups is 1. The molecule has 18 heavy (non-hydrogen) atoms. The van der Waals surface area contributed by atoms with Gasteiger partial charge in [0, 0.05) is 12.1 Å². The van der Waals surface area contributed by atoms with E-state index in [4.69, 9.17) is 10.8 Å². The maximum atomic E-state index is 12.3. The van der Waals surface area contributed by atoms with E-state index in [-0.39, 0.29) is 0 Å². The van der Waals surface area contributed by atoms with E-state index >= 15 is 0 Å². The topological polar surface area (TPSA) is 70.6 Å². The Morgan fingerprint density at radius 3 is 1.89 bits per heavy atom. The van der Waals surface area contributed by atoms with E-state index in [0.717, 1.165) is 6.92 Å². The molecule has 0 unspecified atom stereocenters. The number of nitrogens with zero attached hydrogens (tertiary/aromatic N) is 1. The first-order valence-corrected chi connectivity index (χ1v) is 4.66. The highest BCUT2D eigenvalue weighted by Crippen LogP contribution is 2.45. The van der Waals surface area contributed by atoms with Crippen molar-refractivity contribution in [2.24, 2.45) is 10.8 Å². The Bertz CT molecular complexity index is 336. The molecule has 4 nitrogen and oxygen atoms in total. The van der Waals surface area contributed by atoms with Gasteiger partial charge in [-0.2, -0.15) is 31.4 Å². The van der Waals surface area contributed by atoms with Crippen LogP contribution in [0.15, 0.2) is 5.10 Å². The first-order chi connectivity index (χ1) is 7.81. The standard InChI is InChI=1S/C7H9F6N3OS/c1-3(15-16-4(14)18)2-5(17,6(8,9)10)7(11,12)13/h17H,2H2,1H3,(H3,14,16,18)/b15-3+. The molecule has 0 bridgehead atoms. The Morgan fingerprint density at radius 2 is 1.61 bits per heavy atom. The minimum Gasteiger partial charge on any atom is -0.375 e. The molecule has 0 fully saturated rings. The summed E-state index contributed by atoms with van der Waals surface area (Å²) < 4.78 is 73.6. The molecule has 0 aliphatic carbocycles. The van der Waals surface area contributed by atoms with Crippen molar-refractivity contribution in [1.29, 1.82) is 0 Å². The van der Waals surface area contributed by atoms with Gasteiger partial charge in [0.1, 0.15) is 0 Å². The van der Waals surface area contributed by atoms with Crippen LogP contribution in [0.1, 0.15) is 13.3 Å². The average molecular weight is 297 g/mol. The van der Waals surface area contributed by atoms with Crippen molar-refractivity contribution in [3.8, 4) is 0 Å². The molecule has 106 valence electrons. The van der Waals surface area contributed by atoms with Gasteiger partial charge in [-0.15, -0.1) is 0 Å². The van der Waals surface area contributed by atoms with Gasteiger partial charge in [0.05, 0.1) is 0 Å². The molecule has 0 aliphatic heterocycles. The zero-order chi connectivity index (χ0) is 14.8. The van der Waals surface area contributed by atoms with Crippen molar-refractivity contribution in [1.82, 2.24) is 5.43 Å². The van der Waals surface area contributed by atoms with Gasteiger partial charge in [0.15, 0.2) is 5.11 Å². The van der Waals surface area contributed by atoms with E-state index in [1.165, 1.54) is 0 Å². The number of halogens is 6. The van der Waals surface area contributed by atoms with Crippen molar-refractivity contribution < 1.29 is 31.4 Å². The van der Waals surface area contributed by atoms with Crippen LogP contribution in [-0.2, 0) is 0 Å². The molecule has 0 aliphatic rings. The second kappa shape index (κ2) is 5.26. The van der Waals surface area contributed by atoms with E-state index in [2.05, 4.69) is 17.3 Å². The van der Waals surface area contributed by atoms with Gasteiger partial charge in [-0.05, 0) is 19.1 Å². The second-order valence-electron chi connectivity index (χ2n) is 3.36. The van der Waals surface area contributed by atoms with Crippen LogP contribution < -0.4 is 11.2 Å². The van der Waals surface area contributed by atoms with Crippen molar-refractivity contribution in [2.45, 2.75) is 31.3 Å². The van der Waals surface area contributed by atoms with Gasteiger partial charge in [-0.1, -0.05) is 0 Å². The lowest BCUT2D eigenvalue weighted by atomic mass is 9.95. The van der Waals surface area contributed by atoms with Crippen molar-refractivity contribution >= 4 is 23.0 Å². The van der Waals surface area contributed by atoms with Gasteiger partial charge < -0.3 is 10.8 Å². The molecule has 0 aromatic heterocycles. The maximum absolute atomic E-state index is 12.3. The number of nitrogens with two attached hydrogens (primary N) is 1. The molecular formula is C7H9F6N3OS. The van der Waals surface area contributed by atoms with E-state index < -0.39 is 35.2 Å². The van der Waals surface area contributed by atoms with Gasteiger partial charge in [-0.25, -0.2) is 0 Å². The minimum absolute atomic E-state index is 0.433. The molecule has 11 heteroatoms. The zero-order valence-electron chi connectivity index (χ0n) is 8.85. The largest absolute Gasteiger partial charge is 0.426 e. The summed E-state index contributed by atoms with van der Waals surface area (Å²) in [5, 5.41) is 11.4. The van der Waals surface area contributed by atoms with Crippen molar-refractivity contribution in [3.63, 3.8) is 0 Å². The Kier molecular flexibility index (Phi) is 4.94. The van der Waals surface area contributed by atoms with Crippen LogP contribution in [-0.4, -0.2) is 33.9 Å². The molecule has 0 spiro atoms. The molecule has 0 saturated carbocycles. The molecule has 0 amide bonds. The van der Waals surface area contributed by atoms with Crippen LogP contribution in [0.5, 0.6) is 0 Å². The quantitative estimate of drug-likeness (QED) is 0.319. The fourth-order valence-electron chi connectivity index (χ4n) is 0.921. The van der Waals surface area contributed by atoms with Crippen LogP contribution in [0.4, 0.5) is 26.3 Å². The van der Waals surface area contributed by atoms with Gasteiger partial charge in [0.25, 0.3) is 5.60 Å². The molecule has 4 N–H and O–H groups in total. The summed E-state index contributed by atoms with van der Waals surface area (Å²) in [6.45, 7) is 0.855. The van der Waals surface area contributed by atoms with Crippen molar-refractivity contribution in [2.75, 3.05) is 0 Å². The highest BCUT2D eigenvalue weighted by atomic mass is 32.1. The molecule has 0 rings (SSSR count). The Balaban J connectivity index is 5.18. The summed E-state index contributed by atoms with van der Waals surface area (Å²) in [6, 6.07) is 0. The average Bonchev–Trinajstić information content (AvgIpc) is 2.10. The summed E-state index contributed by atoms with van der Waals surface area (Å²) >= 11 is 4.25. The lowest BCUT2D eigenvalue weighted by Gasteiger charge is -2.32. The maximum Gasteiger partial charge on any atom is 0.426 e. The Morgan fingerprint density at radius 1 is 1.22 bits per heavy atom. The first kappa shape index (κ1) is 16.9. The van der Waals surface area contributed by atoms with Crippen molar-refractivity contribution in [3.05, 3.63) is 0 Å². The smallest absolute Gasteiger partial charge is 0.375 e. The number of nitrogens with one attached hydrogen (secondary N) is 1. The SMILES string of the molecule is C/C(CC(O)(C(F)(F)F)C(F)(F)F)=N\NC(N)=S. The molecule has 0 heterocycles. The predicted octanol–water partition coefficient (Wildman–Crippen LogP) is 1.44. The zero-order valence-corrected chi connectivity index (χ0v) is 9.67. The molecule has 0 radical (unpaired) electrons. The third-order valence-corrected chi connectivity index (χ3v) is 1.90. The lowest BCUT2D eigenvalue weighted by molar-refractivity contribution is -0.365. The Hall–Kier alpha value is -1.10. The van der Waals surface area contributed by atoms with Gasteiger partial charge in [-0.3, -0.25) is 5.43 Å². The number of hydrogen-bond donors (Lipinski definition) is 3. The highest BCUT2D eigenvalue weighted by Gasteiger charge is 2.70. The number of rotatable bonds is 3. The van der Waals surface area contributed by atoms with E-state index in [1.807, 2.05) is 5.43 Å². The molecule has 0 aromatic carbocycles. The summed E-state index contributed by atoms with van der Waals surface area (Å²) in [5.41, 5.74) is 1.17. The molecular weight excluding hydrogens is 288 g/mol. The van der Waals surface area contributed by atoms with Gasteiger partial charge >= 0.3 is 12.4 Å². The fourth-order valence-corrected chi connectivity index (χ4v) is 0.967. The summed E-state index contributed by atoms with van der Waals surface area (Å²) in [7, 11) is 0. The lowest BCUT2D eigenvalue weighted by Crippen LogP contribution is -2.57. The monoisotopic (exact) mass is 297 g/mol. The second-order valence-corrected chi connectivity index (χ2v) is 3.80. The van der Waals surface area contributed by atoms with Crippen LogP contribution in [0, 0.1) is 0 Å². The number of hydrogen-bond acceptors (Lipinski definition) is 3. The number of thiocarbonyl (C=S) groups is 1. The van der Waals surface area contributed by atoms with Crippen LogP contribution in [0.2, 0.25) is 0 Å².